The minimum atomic E-state index is -0.548. The Morgan fingerprint density at radius 1 is 0.783 bits per heavy atom. The van der Waals surface area contributed by atoms with Gasteiger partial charge in [0.15, 0.2) is 0 Å². The maximum Gasteiger partial charge on any atom is 0.0675 e. The molecule has 0 spiro atoms. The third-order valence-corrected chi connectivity index (χ3v) is 9.21. The molecule has 4 fully saturated rings. The van der Waals surface area contributed by atoms with Crippen LogP contribution in [0.5, 0.6) is 0 Å². The zero-order valence-electron chi connectivity index (χ0n) is 15.0. The standard InChI is InChI=1S/C20H34O3/c1-18-7-4-12(21)10-16(18)17(22)11-13-14(18)5-8-19(2)15(13)6-9-20(19,3)23/h12-17,21-23H,4-11H2,1-3H3/t12-,13?,14?,15?,16+,17+,18+,19-,20-/m1/s1. The number of aliphatic hydroxyl groups excluding tert-OH is 2. The van der Waals surface area contributed by atoms with Gasteiger partial charge in [-0.25, -0.2) is 0 Å². The number of fused-ring (bicyclic) bond motifs is 5. The van der Waals surface area contributed by atoms with Crippen LogP contribution >= 0.6 is 0 Å². The molecule has 0 radical (unpaired) electrons. The summed E-state index contributed by atoms with van der Waals surface area (Å²) in [5.41, 5.74) is -0.350. The van der Waals surface area contributed by atoms with Crippen LogP contribution in [-0.4, -0.2) is 33.1 Å². The lowest BCUT2D eigenvalue weighted by Crippen LogP contribution is -2.59. The SMILES string of the molecule is C[C@@]12CC[C@@H](O)C[C@H]1[C@@H](O)CC1C2CC[C@]2(C)C1CC[C@@]2(C)O. The van der Waals surface area contributed by atoms with Crippen LogP contribution in [0.2, 0.25) is 0 Å². The first-order chi connectivity index (χ1) is 10.7. The largest absolute Gasteiger partial charge is 0.393 e. The maximum absolute atomic E-state index is 10.9. The molecule has 0 aromatic heterocycles. The first kappa shape index (κ1) is 16.4. The number of rotatable bonds is 0. The average molecular weight is 322 g/mol. The van der Waals surface area contributed by atoms with Crippen LogP contribution in [0.15, 0.2) is 0 Å². The van der Waals surface area contributed by atoms with Gasteiger partial charge >= 0.3 is 0 Å². The van der Waals surface area contributed by atoms with Crippen molar-refractivity contribution in [2.24, 2.45) is 34.5 Å². The molecule has 0 aliphatic heterocycles. The van der Waals surface area contributed by atoms with Gasteiger partial charge in [-0.05, 0) is 92.8 Å². The molecule has 0 aromatic carbocycles. The zero-order chi connectivity index (χ0) is 16.6. The molecular formula is C20H34O3. The highest BCUT2D eigenvalue weighted by Crippen LogP contribution is 2.68. The van der Waals surface area contributed by atoms with Gasteiger partial charge in [0.05, 0.1) is 17.8 Å². The molecule has 132 valence electrons. The molecule has 3 nitrogen and oxygen atoms in total. The molecule has 4 rings (SSSR count). The van der Waals surface area contributed by atoms with E-state index in [2.05, 4.69) is 13.8 Å². The summed E-state index contributed by atoms with van der Waals surface area (Å²) in [6.07, 6.45) is 7.43. The van der Waals surface area contributed by atoms with E-state index in [9.17, 15) is 15.3 Å². The Morgan fingerprint density at radius 2 is 1.48 bits per heavy atom. The fourth-order valence-corrected chi connectivity index (χ4v) is 7.52. The smallest absolute Gasteiger partial charge is 0.0675 e. The Morgan fingerprint density at radius 3 is 2.22 bits per heavy atom. The first-order valence-electron chi connectivity index (χ1n) is 9.77. The van der Waals surface area contributed by atoms with Gasteiger partial charge in [-0.15, -0.1) is 0 Å². The predicted octanol–water partition coefficient (Wildman–Crippen LogP) is 3.11. The second kappa shape index (κ2) is 4.95. The molecule has 0 amide bonds. The van der Waals surface area contributed by atoms with Gasteiger partial charge < -0.3 is 15.3 Å². The third-order valence-electron chi connectivity index (χ3n) is 9.21. The van der Waals surface area contributed by atoms with E-state index in [4.69, 9.17) is 0 Å². The van der Waals surface area contributed by atoms with Crippen molar-refractivity contribution < 1.29 is 15.3 Å². The molecule has 0 saturated heterocycles. The molecule has 0 aromatic rings. The van der Waals surface area contributed by atoms with Crippen molar-refractivity contribution in [3.63, 3.8) is 0 Å². The lowest BCUT2D eigenvalue weighted by molar-refractivity contribution is -0.185. The molecule has 3 unspecified atom stereocenters. The molecule has 4 saturated carbocycles. The van der Waals surface area contributed by atoms with Crippen LogP contribution in [0.1, 0.15) is 72.1 Å². The van der Waals surface area contributed by atoms with Crippen LogP contribution in [0.3, 0.4) is 0 Å². The Hall–Kier alpha value is -0.120. The lowest BCUT2D eigenvalue weighted by atomic mass is 9.44. The van der Waals surface area contributed by atoms with E-state index in [0.717, 1.165) is 44.9 Å². The predicted molar refractivity (Wildman–Crippen MR) is 89.7 cm³/mol. The summed E-state index contributed by atoms with van der Waals surface area (Å²) in [5.74, 6) is 2.03. The lowest BCUT2D eigenvalue weighted by Gasteiger charge is -2.62. The fourth-order valence-electron chi connectivity index (χ4n) is 7.52. The van der Waals surface area contributed by atoms with Gasteiger partial charge in [-0.3, -0.25) is 0 Å². The topological polar surface area (TPSA) is 60.7 Å². The molecule has 3 N–H and O–H groups in total. The van der Waals surface area contributed by atoms with Crippen molar-refractivity contribution in [3.05, 3.63) is 0 Å². The molecular weight excluding hydrogens is 288 g/mol. The Balaban J connectivity index is 1.68. The second-order valence-electron chi connectivity index (χ2n) is 9.99. The minimum Gasteiger partial charge on any atom is -0.393 e. The summed E-state index contributed by atoms with van der Waals surface area (Å²) in [5, 5.41) is 31.9. The van der Waals surface area contributed by atoms with Crippen molar-refractivity contribution in [3.8, 4) is 0 Å². The highest BCUT2D eigenvalue weighted by molar-refractivity contribution is 5.14. The summed E-state index contributed by atoms with van der Waals surface area (Å²) in [4.78, 5) is 0. The highest BCUT2D eigenvalue weighted by Gasteiger charge is 2.64. The summed E-state index contributed by atoms with van der Waals surface area (Å²) in [6.45, 7) is 6.72. The van der Waals surface area contributed by atoms with E-state index >= 15 is 0 Å². The van der Waals surface area contributed by atoms with Crippen molar-refractivity contribution in [1.29, 1.82) is 0 Å². The van der Waals surface area contributed by atoms with Crippen LogP contribution < -0.4 is 0 Å². The van der Waals surface area contributed by atoms with Gasteiger partial charge in [-0.2, -0.15) is 0 Å². The van der Waals surface area contributed by atoms with Crippen LogP contribution in [0, 0.1) is 34.5 Å². The summed E-state index contributed by atoms with van der Waals surface area (Å²) in [7, 11) is 0. The van der Waals surface area contributed by atoms with E-state index < -0.39 is 5.60 Å². The number of hydrogen-bond acceptors (Lipinski definition) is 3. The summed E-state index contributed by atoms with van der Waals surface area (Å²) in [6, 6.07) is 0. The van der Waals surface area contributed by atoms with Gasteiger partial charge in [0, 0.05) is 0 Å². The van der Waals surface area contributed by atoms with E-state index in [1.807, 2.05) is 6.92 Å². The van der Waals surface area contributed by atoms with E-state index in [1.54, 1.807) is 0 Å². The van der Waals surface area contributed by atoms with E-state index in [-0.39, 0.29) is 29.0 Å². The highest BCUT2D eigenvalue weighted by atomic mass is 16.3. The Labute approximate surface area is 140 Å². The van der Waals surface area contributed by atoms with E-state index in [0.29, 0.717) is 17.8 Å². The summed E-state index contributed by atoms with van der Waals surface area (Å²) >= 11 is 0. The van der Waals surface area contributed by atoms with Gasteiger partial charge in [-0.1, -0.05) is 13.8 Å². The van der Waals surface area contributed by atoms with Crippen molar-refractivity contribution in [2.45, 2.75) is 89.9 Å². The van der Waals surface area contributed by atoms with Gasteiger partial charge in [0.1, 0.15) is 0 Å². The quantitative estimate of drug-likeness (QED) is 0.642. The molecule has 3 heteroatoms. The number of aliphatic hydroxyl groups is 3. The average Bonchev–Trinajstić information content (AvgIpc) is 2.72. The maximum atomic E-state index is 10.9. The molecule has 0 heterocycles. The molecule has 9 atom stereocenters. The molecule has 0 bridgehead atoms. The van der Waals surface area contributed by atoms with Crippen molar-refractivity contribution in [2.75, 3.05) is 0 Å². The molecule has 23 heavy (non-hydrogen) atoms. The zero-order valence-corrected chi connectivity index (χ0v) is 15.0. The normalized spacial score (nSPS) is 62.3. The minimum absolute atomic E-state index is 0.0191. The van der Waals surface area contributed by atoms with Gasteiger partial charge in [0.25, 0.3) is 0 Å². The molecule has 4 aliphatic rings. The van der Waals surface area contributed by atoms with Crippen LogP contribution in [0.4, 0.5) is 0 Å². The fraction of sp³-hybridized carbons (Fsp3) is 1.00. The van der Waals surface area contributed by atoms with Crippen LogP contribution in [-0.2, 0) is 0 Å². The Bertz CT molecular complexity index is 489. The van der Waals surface area contributed by atoms with Crippen molar-refractivity contribution in [1.82, 2.24) is 0 Å². The van der Waals surface area contributed by atoms with Gasteiger partial charge in [0.2, 0.25) is 0 Å². The third kappa shape index (κ3) is 2.05. The van der Waals surface area contributed by atoms with Crippen LogP contribution in [0.25, 0.3) is 0 Å². The van der Waals surface area contributed by atoms with Crippen molar-refractivity contribution >= 4 is 0 Å². The molecule has 4 aliphatic carbocycles. The summed E-state index contributed by atoms with van der Waals surface area (Å²) < 4.78 is 0. The van der Waals surface area contributed by atoms with E-state index in [1.165, 1.54) is 6.42 Å². The Kier molecular flexibility index (Phi) is 3.52. The second-order valence-corrected chi connectivity index (χ2v) is 9.99. The number of hydrogen-bond donors (Lipinski definition) is 3. The first-order valence-corrected chi connectivity index (χ1v) is 9.77. The monoisotopic (exact) mass is 322 g/mol.